The van der Waals surface area contributed by atoms with Gasteiger partial charge < -0.3 is 11.1 Å². The molecule has 94 valence electrons. The number of thiocarbonyl (C=S) groups is 1. The third-order valence-corrected chi connectivity index (χ3v) is 3.45. The third kappa shape index (κ3) is 4.47. The van der Waals surface area contributed by atoms with Gasteiger partial charge in [0.25, 0.3) is 0 Å². The molecule has 0 aliphatic heterocycles. The summed E-state index contributed by atoms with van der Waals surface area (Å²) in [7, 11) is 0. The zero-order chi connectivity index (χ0) is 12.8. The topological polar surface area (TPSA) is 55.1 Å². The lowest BCUT2D eigenvalue weighted by Gasteiger charge is -2.25. The van der Waals surface area contributed by atoms with Crippen molar-refractivity contribution in [1.29, 1.82) is 0 Å². The van der Waals surface area contributed by atoms with Crippen LogP contribution in [0.3, 0.4) is 0 Å². The Kier molecular flexibility index (Phi) is 6.56. The van der Waals surface area contributed by atoms with Crippen LogP contribution in [0.15, 0.2) is 0 Å². The first kappa shape index (κ1) is 15.4. The second-order valence-electron chi connectivity index (χ2n) is 4.84. The number of rotatable bonds is 7. The van der Waals surface area contributed by atoms with E-state index >= 15 is 0 Å². The van der Waals surface area contributed by atoms with Crippen LogP contribution in [0.4, 0.5) is 0 Å². The number of nitrogens with one attached hydrogen (secondary N) is 1. The van der Waals surface area contributed by atoms with E-state index < -0.39 is 5.41 Å². The van der Waals surface area contributed by atoms with E-state index in [4.69, 9.17) is 18.0 Å². The fourth-order valence-electron chi connectivity index (χ4n) is 1.35. The summed E-state index contributed by atoms with van der Waals surface area (Å²) in [5.74, 6) is 0.622. The maximum atomic E-state index is 11.9. The molecule has 0 saturated carbocycles. The second-order valence-corrected chi connectivity index (χ2v) is 5.28. The second kappa shape index (κ2) is 6.84. The van der Waals surface area contributed by atoms with Gasteiger partial charge in [-0.3, -0.25) is 4.79 Å². The molecule has 0 rings (SSSR count). The smallest absolute Gasteiger partial charge is 0.232 e. The van der Waals surface area contributed by atoms with Crippen molar-refractivity contribution in [1.82, 2.24) is 5.32 Å². The highest BCUT2D eigenvalue weighted by Gasteiger charge is 2.34. The Labute approximate surface area is 104 Å². The SMILES string of the molecule is CCC(C)(C(=O)NCCCC(C)C)C(N)=S. The molecule has 0 fully saturated rings. The molecular formula is C12H24N2OS. The minimum absolute atomic E-state index is 0.0498. The molecule has 0 aromatic carbocycles. The average Bonchev–Trinajstić information content (AvgIpc) is 2.22. The molecule has 0 radical (unpaired) electrons. The molecule has 3 nitrogen and oxygen atoms in total. The van der Waals surface area contributed by atoms with Gasteiger partial charge in [0.15, 0.2) is 0 Å². The molecule has 1 amide bonds. The molecule has 0 saturated heterocycles. The van der Waals surface area contributed by atoms with Gasteiger partial charge in [0, 0.05) is 6.54 Å². The predicted molar refractivity (Wildman–Crippen MR) is 72.3 cm³/mol. The molecular weight excluding hydrogens is 220 g/mol. The van der Waals surface area contributed by atoms with E-state index in [1.54, 1.807) is 6.92 Å². The molecule has 0 aliphatic carbocycles. The Morgan fingerprint density at radius 1 is 1.50 bits per heavy atom. The van der Waals surface area contributed by atoms with Gasteiger partial charge in [-0.2, -0.15) is 0 Å². The lowest BCUT2D eigenvalue weighted by Crippen LogP contribution is -2.46. The Balaban J connectivity index is 4.09. The van der Waals surface area contributed by atoms with E-state index in [2.05, 4.69) is 19.2 Å². The molecule has 1 atom stereocenters. The number of hydrogen-bond acceptors (Lipinski definition) is 2. The van der Waals surface area contributed by atoms with Crippen molar-refractivity contribution in [3.05, 3.63) is 0 Å². The highest BCUT2D eigenvalue weighted by molar-refractivity contribution is 7.80. The van der Waals surface area contributed by atoms with Crippen molar-refractivity contribution in [2.75, 3.05) is 6.54 Å². The molecule has 0 aromatic heterocycles. The Morgan fingerprint density at radius 3 is 2.44 bits per heavy atom. The molecule has 1 unspecified atom stereocenters. The maximum Gasteiger partial charge on any atom is 0.232 e. The normalized spacial score (nSPS) is 14.6. The predicted octanol–water partition coefficient (Wildman–Crippen LogP) is 2.24. The number of hydrogen-bond donors (Lipinski definition) is 2. The molecule has 16 heavy (non-hydrogen) atoms. The average molecular weight is 244 g/mol. The van der Waals surface area contributed by atoms with Gasteiger partial charge in [0.05, 0.1) is 10.4 Å². The zero-order valence-corrected chi connectivity index (χ0v) is 11.6. The van der Waals surface area contributed by atoms with Gasteiger partial charge in [-0.05, 0) is 32.1 Å². The summed E-state index contributed by atoms with van der Waals surface area (Å²) in [6, 6.07) is 0. The van der Waals surface area contributed by atoms with Crippen molar-refractivity contribution in [3.8, 4) is 0 Å². The Hall–Kier alpha value is -0.640. The molecule has 0 aromatic rings. The maximum absolute atomic E-state index is 11.9. The fraction of sp³-hybridized carbons (Fsp3) is 0.833. The quantitative estimate of drug-likeness (QED) is 0.533. The first-order valence-electron chi connectivity index (χ1n) is 5.92. The van der Waals surface area contributed by atoms with Crippen LogP contribution >= 0.6 is 12.2 Å². The van der Waals surface area contributed by atoms with E-state index in [-0.39, 0.29) is 10.9 Å². The largest absolute Gasteiger partial charge is 0.392 e. The van der Waals surface area contributed by atoms with Crippen molar-refractivity contribution >= 4 is 23.1 Å². The fourth-order valence-corrected chi connectivity index (χ4v) is 1.59. The minimum Gasteiger partial charge on any atom is -0.392 e. The Morgan fingerprint density at radius 2 is 2.06 bits per heavy atom. The van der Waals surface area contributed by atoms with E-state index in [1.165, 1.54) is 0 Å². The summed E-state index contributed by atoms with van der Waals surface area (Å²) in [5, 5.41) is 2.90. The first-order chi connectivity index (χ1) is 7.34. The summed E-state index contributed by atoms with van der Waals surface area (Å²) >= 11 is 4.94. The zero-order valence-electron chi connectivity index (χ0n) is 10.8. The van der Waals surface area contributed by atoms with E-state index in [0.29, 0.717) is 18.9 Å². The number of amides is 1. The Bertz CT molecular complexity index is 253. The minimum atomic E-state index is -0.701. The molecule has 0 bridgehead atoms. The van der Waals surface area contributed by atoms with Gasteiger partial charge >= 0.3 is 0 Å². The van der Waals surface area contributed by atoms with Gasteiger partial charge in [-0.1, -0.05) is 33.0 Å². The lowest BCUT2D eigenvalue weighted by atomic mass is 9.86. The lowest BCUT2D eigenvalue weighted by molar-refractivity contribution is -0.126. The number of carbonyl (C=O) groups excluding carboxylic acids is 1. The summed E-state index contributed by atoms with van der Waals surface area (Å²) in [4.78, 5) is 12.2. The molecule has 4 heteroatoms. The van der Waals surface area contributed by atoms with Crippen LogP contribution in [0.1, 0.15) is 47.0 Å². The molecule has 3 N–H and O–H groups in total. The van der Waals surface area contributed by atoms with Crippen LogP contribution in [0.5, 0.6) is 0 Å². The van der Waals surface area contributed by atoms with E-state index in [0.717, 1.165) is 12.8 Å². The number of carbonyl (C=O) groups is 1. The van der Waals surface area contributed by atoms with Gasteiger partial charge in [-0.15, -0.1) is 0 Å². The van der Waals surface area contributed by atoms with E-state index in [1.807, 2.05) is 6.92 Å². The number of nitrogens with two attached hydrogens (primary N) is 1. The van der Waals surface area contributed by atoms with E-state index in [9.17, 15) is 4.79 Å². The van der Waals surface area contributed by atoms with Gasteiger partial charge in [-0.25, -0.2) is 0 Å². The summed E-state index contributed by atoms with van der Waals surface area (Å²) in [6.07, 6.45) is 2.76. The van der Waals surface area contributed by atoms with Crippen molar-refractivity contribution in [3.63, 3.8) is 0 Å². The van der Waals surface area contributed by atoms with Crippen molar-refractivity contribution < 1.29 is 4.79 Å². The third-order valence-electron chi connectivity index (χ3n) is 3.00. The standard InChI is InChI=1S/C12H24N2OS/c1-5-12(4,10(13)16)11(15)14-8-6-7-9(2)3/h9H,5-8H2,1-4H3,(H2,13,16)(H,14,15). The monoisotopic (exact) mass is 244 g/mol. The molecule has 0 spiro atoms. The van der Waals surface area contributed by atoms with Crippen LogP contribution in [0.25, 0.3) is 0 Å². The van der Waals surface area contributed by atoms with Crippen LogP contribution < -0.4 is 11.1 Å². The first-order valence-corrected chi connectivity index (χ1v) is 6.33. The van der Waals surface area contributed by atoms with Crippen LogP contribution in [0, 0.1) is 11.3 Å². The van der Waals surface area contributed by atoms with Crippen LogP contribution in [-0.4, -0.2) is 17.4 Å². The molecule has 0 aliphatic rings. The summed E-state index contributed by atoms with van der Waals surface area (Å²) in [6.45, 7) is 8.77. The van der Waals surface area contributed by atoms with Crippen molar-refractivity contribution in [2.24, 2.45) is 17.1 Å². The summed E-state index contributed by atoms with van der Waals surface area (Å²) in [5.41, 5.74) is 4.90. The van der Waals surface area contributed by atoms with Crippen LogP contribution in [-0.2, 0) is 4.79 Å². The van der Waals surface area contributed by atoms with Gasteiger partial charge in [0.1, 0.15) is 0 Å². The highest BCUT2D eigenvalue weighted by Crippen LogP contribution is 2.21. The van der Waals surface area contributed by atoms with Gasteiger partial charge in [0.2, 0.25) is 5.91 Å². The molecule has 0 heterocycles. The summed E-state index contributed by atoms with van der Waals surface area (Å²) < 4.78 is 0. The highest BCUT2D eigenvalue weighted by atomic mass is 32.1. The van der Waals surface area contributed by atoms with Crippen molar-refractivity contribution in [2.45, 2.75) is 47.0 Å². The van der Waals surface area contributed by atoms with Crippen LogP contribution in [0.2, 0.25) is 0 Å².